The minimum Gasteiger partial charge on any atom is -0.480 e. The van der Waals surface area contributed by atoms with Crippen LogP contribution >= 0.6 is 0 Å². The maximum Gasteiger partial charge on any atom is 0.326 e. The summed E-state index contributed by atoms with van der Waals surface area (Å²) in [6.07, 6.45) is 3.19. The number of carbonyl (C=O) groups is 4. The van der Waals surface area contributed by atoms with Gasteiger partial charge in [-0.15, -0.1) is 0 Å². The molecule has 5 N–H and O–H groups in total. The van der Waals surface area contributed by atoms with Crippen LogP contribution in [0.4, 0.5) is 30.6 Å². The maximum absolute atomic E-state index is 14.0. The molecule has 2 aromatic carbocycles. The van der Waals surface area contributed by atoms with E-state index < -0.39 is 41.1 Å². The van der Waals surface area contributed by atoms with Gasteiger partial charge in [-0.2, -0.15) is 0 Å². The molecule has 12 heteroatoms. The number of nitrogens with two attached hydrogens (primary N) is 1. The van der Waals surface area contributed by atoms with Crippen molar-refractivity contribution in [3.8, 4) is 0 Å². The summed E-state index contributed by atoms with van der Waals surface area (Å²) in [7, 11) is 1.46. The van der Waals surface area contributed by atoms with E-state index in [0.717, 1.165) is 12.1 Å². The lowest BCUT2D eigenvalue weighted by molar-refractivity contribution is -0.139. The van der Waals surface area contributed by atoms with Crippen LogP contribution in [0.3, 0.4) is 0 Å². The number of aliphatic carboxylic acids is 1. The second kappa shape index (κ2) is 11.0. The molecule has 0 radical (unpaired) electrons. The monoisotopic (exact) mass is 497 g/mol. The smallest absolute Gasteiger partial charge is 0.326 e. The van der Waals surface area contributed by atoms with Crippen LogP contribution in [0.15, 0.2) is 54.9 Å². The van der Waals surface area contributed by atoms with E-state index in [0.29, 0.717) is 23.2 Å². The van der Waals surface area contributed by atoms with Gasteiger partial charge >= 0.3 is 12.0 Å². The van der Waals surface area contributed by atoms with Gasteiger partial charge < -0.3 is 21.5 Å². The first-order valence-corrected chi connectivity index (χ1v) is 10.4. The topological polar surface area (TPSA) is 155 Å². The zero-order valence-electron chi connectivity index (χ0n) is 18.9. The number of benzene rings is 2. The van der Waals surface area contributed by atoms with E-state index in [1.807, 2.05) is 0 Å². The number of anilines is 3. The summed E-state index contributed by atoms with van der Waals surface area (Å²) in [5.41, 5.74) is 5.57. The van der Waals surface area contributed by atoms with Crippen molar-refractivity contribution in [1.82, 2.24) is 10.3 Å². The van der Waals surface area contributed by atoms with Crippen molar-refractivity contribution in [2.24, 2.45) is 0 Å². The Morgan fingerprint density at radius 1 is 1.14 bits per heavy atom. The van der Waals surface area contributed by atoms with Crippen LogP contribution in [0.1, 0.15) is 26.3 Å². The van der Waals surface area contributed by atoms with Gasteiger partial charge in [-0.3, -0.25) is 19.5 Å². The number of carbonyl (C=O) groups excluding carboxylic acids is 3. The summed E-state index contributed by atoms with van der Waals surface area (Å²) in [5.74, 6) is -5.09. The molecule has 10 nitrogen and oxygen atoms in total. The van der Waals surface area contributed by atoms with Crippen LogP contribution in [0.2, 0.25) is 0 Å². The van der Waals surface area contributed by atoms with E-state index >= 15 is 0 Å². The number of amides is 3. The number of nitrogens with one attached hydrogen (secondary N) is 2. The molecule has 0 bridgehead atoms. The Labute approximate surface area is 203 Å². The maximum atomic E-state index is 14.0. The van der Waals surface area contributed by atoms with E-state index in [4.69, 9.17) is 5.73 Å². The third-order valence-corrected chi connectivity index (χ3v) is 5.17. The molecule has 0 aliphatic heterocycles. The number of halogens is 2. The summed E-state index contributed by atoms with van der Waals surface area (Å²) < 4.78 is 28.0. The molecule has 1 aromatic heterocycles. The van der Waals surface area contributed by atoms with Gasteiger partial charge in [0.2, 0.25) is 0 Å². The molecule has 1 heterocycles. The highest BCUT2D eigenvalue weighted by atomic mass is 19.1. The van der Waals surface area contributed by atoms with Crippen molar-refractivity contribution in [3.63, 3.8) is 0 Å². The Morgan fingerprint density at radius 2 is 1.78 bits per heavy atom. The fourth-order valence-corrected chi connectivity index (χ4v) is 3.29. The van der Waals surface area contributed by atoms with Crippen molar-refractivity contribution >= 4 is 41.3 Å². The number of hydrogen-bond acceptors (Lipinski definition) is 6. The van der Waals surface area contributed by atoms with Crippen LogP contribution in [-0.2, 0) is 11.2 Å². The third-order valence-electron chi connectivity index (χ3n) is 5.17. The van der Waals surface area contributed by atoms with Gasteiger partial charge in [-0.1, -0.05) is 12.1 Å². The van der Waals surface area contributed by atoms with Crippen molar-refractivity contribution in [2.45, 2.75) is 12.5 Å². The number of hydrogen-bond donors (Lipinski definition) is 4. The number of aldehydes is 1. The third kappa shape index (κ3) is 5.97. The predicted molar refractivity (Wildman–Crippen MR) is 127 cm³/mol. The number of carboxylic acid groups (broad SMARTS) is 1. The van der Waals surface area contributed by atoms with Crippen molar-refractivity contribution < 1.29 is 33.1 Å². The van der Waals surface area contributed by atoms with E-state index in [9.17, 15) is 33.1 Å². The molecule has 36 heavy (non-hydrogen) atoms. The minimum atomic E-state index is -1.49. The van der Waals surface area contributed by atoms with Crippen LogP contribution in [0, 0.1) is 11.6 Å². The molecule has 3 rings (SSSR count). The molecule has 0 aliphatic carbocycles. The Morgan fingerprint density at radius 3 is 2.36 bits per heavy atom. The zero-order valence-corrected chi connectivity index (χ0v) is 18.9. The highest BCUT2D eigenvalue weighted by Gasteiger charge is 2.25. The van der Waals surface area contributed by atoms with Gasteiger partial charge in [0.25, 0.3) is 5.91 Å². The first-order valence-electron chi connectivity index (χ1n) is 10.4. The lowest BCUT2D eigenvalue weighted by Crippen LogP contribution is -2.43. The van der Waals surface area contributed by atoms with Gasteiger partial charge in [-0.05, 0) is 35.9 Å². The quantitative estimate of drug-likeness (QED) is 0.276. The number of pyridine rings is 1. The lowest BCUT2D eigenvalue weighted by atomic mass is 10.0. The summed E-state index contributed by atoms with van der Waals surface area (Å²) >= 11 is 0. The molecule has 0 fully saturated rings. The average Bonchev–Trinajstić information content (AvgIpc) is 2.83. The normalized spacial score (nSPS) is 11.3. The molecule has 0 saturated carbocycles. The molecular weight excluding hydrogens is 476 g/mol. The molecule has 1 atom stereocenters. The largest absolute Gasteiger partial charge is 0.480 e. The zero-order chi connectivity index (χ0) is 26.4. The summed E-state index contributed by atoms with van der Waals surface area (Å²) in [4.78, 5) is 52.8. The number of urea groups is 1. The molecular formula is C24H21F2N5O5. The average molecular weight is 497 g/mol. The summed E-state index contributed by atoms with van der Waals surface area (Å²) in [5, 5.41) is 14.2. The number of aromatic nitrogens is 1. The Bertz CT molecular complexity index is 1290. The molecule has 3 amide bonds. The lowest BCUT2D eigenvalue weighted by Gasteiger charge is -2.19. The van der Waals surface area contributed by atoms with Gasteiger partial charge in [0, 0.05) is 36.6 Å². The highest BCUT2D eigenvalue weighted by Crippen LogP contribution is 2.19. The van der Waals surface area contributed by atoms with E-state index in [1.165, 1.54) is 54.7 Å². The second-order valence-corrected chi connectivity index (χ2v) is 7.67. The number of nitrogens with zero attached hydrogens (tertiary/aromatic N) is 2. The van der Waals surface area contributed by atoms with Crippen molar-refractivity contribution in [2.75, 3.05) is 23.0 Å². The Kier molecular flexibility index (Phi) is 7.89. The standard InChI is InChI=1S/C24H21F2N5O5/c1-31(20-11-28-7-6-14(20)12-32)24(36)29-16-4-2-13(3-5-16)8-19(23(34)35)30-22(33)21-17(25)9-15(27)10-18(21)26/h2-7,9-12,19H,8,27H2,1H3,(H,29,36)(H,30,33)(H,34,35). The van der Waals surface area contributed by atoms with E-state index in [2.05, 4.69) is 15.6 Å². The summed E-state index contributed by atoms with van der Waals surface area (Å²) in [6, 6.07) is 6.98. The van der Waals surface area contributed by atoms with E-state index in [-0.39, 0.29) is 17.7 Å². The minimum absolute atomic E-state index is 0.203. The molecule has 1 unspecified atom stereocenters. The van der Waals surface area contributed by atoms with Crippen molar-refractivity contribution in [3.05, 3.63) is 83.2 Å². The first-order chi connectivity index (χ1) is 17.1. The highest BCUT2D eigenvalue weighted by molar-refractivity contribution is 6.04. The molecule has 0 saturated heterocycles. The van der Waals surface area contributed by atoms with Crippen LogP contribution in [-0.4, -0.2) is 47.4 Å². The van der Waals surface area contributed by atoms with Crippen LogP contribution in [0.5, 0.6) is 0 Å². The molecule has 0 aliphatic rings. The number of rotatable bonds is 8. The second-order valence-electron chi connectivity index (χ2n) is 7.67. The Hall–Kier alpha value is -4.87. The molecule has 0 spiro atoms. The number of nitrogen functional groups attached to an aromatic ring is 1. The van der Waals surface area contributed by atoms with E-state index in [1.54, 1.807) is 0 Å². The number of carboxylic acids is 1. The Balaban J connectivity index is 1.68. The van der Waals surface area contributed by atoms with Gasteiger partial charge in [-0.25, -0.2) is 18.4 Å². The van der Waals surface area contributed by atoms with Crippen LogP contribution < -0.4 is 21.3 Å². The SMILES string of the molecule is CN(C(=O)Nc1ccc(CC(NC(=O)c2c(F)cc(N)cc2F)C(=O)O)cc1)c1cnccc1C=O. The van der Waals surface area contributed by atoms with Gasteiger partial charge in [0.05, 0.1) is 11.9 Å². The fourth-order valence-electron chi connectivity index (χ4n) is 3.29. The van der Waals surface area contributed by atoms with Crippen molar-refractivity contribution in [1.29, 1.82) is 0 Å². The van der Waals surface area contributed by atoms with Gasteiger partial charge in [0.1, 0.15) is 23.2 Å². The van der Waals surface area contributed by atoms with Crippen LogP contribution in [0.25, 0.3) is 0 Å². The molecule has 186 valence electrons. The first kappa shape index (κ1) is 25.7. The fraction of sp³-hybridized carbons (Fsp3) is 0.125. The predicted octanol–water partition coefficient (Wildman–Crippen LogP) is 2.85. The van der Waals surface area contributed by atoms with Gasteiger partial charge in [0.15, 0.2) is 6.29 Å². The molecule has 3 aromatic rings. The summed E-state index contributed by atoms with van der Waals surface area (Å²) in [6.45, 7) is 0.